The summed E-state index contributed by atoms with van der Waals surface area (Å²) in [5, 5.41) is 14.7. The number of carbonyl (C=O) groups is 1. The first kappa shape index (κ1) is 11.3. The molecule has 1 aromatic heterocycles. The average molecular weight is 240 g/mol. The fourth-order valence-corrected chi connectivity index (χ4v) is 2.61. The molecule has 16 heavy (non-hydrogen) atoms. The van der Waals surface area contributed by atoms with E-state index in [0.29, 0.717) is 22.1 Å². The number of carbonyl (C=O) groups excluding carboxylic acids is 1. The Morgan fingerprint density at radius 1 is 1.44 bits per heavy atom. The van der Waals surface area contributed by atoms with Crippen LogP contribution in [-0.2, 0) is 0 Å². The highest BCUT2D eigenvalue weighted by Gasteiger charge is 2.26. The zero-order valence-electron chi connectivity index (χ0n) is 9.49. The van der Waals surface area contributed by atoms with Gasteiger partial charge in [0.15, 0.2) is 0 Å². The summed E-state index contributed by atoms with van der Waals surface area (Å²) in [4.78, 5) is 11.8. The van der Waals surface area contributed by atoms with Gasteiger partial charge in [-0.25, -0.2) is 0 Å². The first-order valence-electron chi connectivity index (χ1n) is 5.53. The molecule has 0 aromatic carbocycles. The summed E-state index contributed by atoms with van der Waals surface area (Å²) >= 11 is 1.28. The smallest absolute Gasteiger partial charge is 0.282 e. The molecule has 88 valence electrons. The lowest BCUT2D eigenvalue weighted by molar-refractivity contribution is 0.0928. The Bertz CT molecular complexity index is 379. The number of nitrogens with zero attached hydrogens (tertiary/aromatic N) is 2. The van der Waals surface area contributed by atoms with E-state index in [0.717, 1.165) is 6.42 Å². The molecule has 0 spiro atoms. The summed E-state index contributed by atoms with van der Waals surface area (Å²) in [5.41, 5.74) is 0. The van der Waals surface area contributed by atoms with Crippen LogP contribution in [0.1, 0.15) is 36.0 Å². The maximum atomic E-state index is 11.8. The molecule has 2 atom stereocenters. The fourth-order valence-electron chi connectivity index (χ4n) is 2.01. The van der Waals surface area contributed by atoms with E-state index >= 15 is 0 Å². The van der Waals surface area contributed by atoms with E-state index in [-0.39, 0.29) is 5.91 Å². The van der Waals surface area contributed by atoms with Crippen LogP contribution in [0.25, 0.3) is 0 Å². The standard InChI is InChI=1S/C10H16N4OS/c1-6-4-3-5-7(6)12-8(15)9-13-14-10(11-2)16-9/h6-7H,3-5H2,1-2H3,(H,11,14)(H,12,15). The minimum absolute atomic E-state index is 0.0993. The van der Waals surface area contributed by atoms with Gasteiger partial charge < -0.3 is 10.6 Å². The summed E-state index contributed by atoms with van der Waals surface area (Å²) in [6.07, 6.45) is 3.47. The van der Waals surface area contributed by atoms with Gasteiger partial charge in [-0.05, 0) is 18.8 Å². The Kier molecular flexibility index (Phi) is 3.38. The second-order valence-corrected chi connectivity index (χ2v) is 5.13. The van der Waals surface area contributed by atoms with Crippen LogP contribution < -0.4 is 10.6 Å². The van der Waals surface area contributed by atoms with Crippen molar-refractivity contribution in [1.82, 2.24) is 15.5 Å². The van der Waals surface area contributed by atoms with Gasteiger partial charge in [-0.1, -0.05) is 24.7 Å². The van der Waals surface area contributed by atoms with Gasteiger partial charge in [0.2, 0.25) is 10.1 Å². The van der Waals surface area contributed by atoms with Crippen molar-refractivity contribution in [2.24, 2.45) is 5.92 Å². The van der Waals surface area contributed by atoms with Gasteiger partial charge in [0.1, 0.15) is 0 Å². The largest absolute Gasteiger partial charge is 0.363 e. The van der Waals surface area contributed by atoms with Crippen molar-refractivity contribution in [2.75, 3.05) is 12.4 Å². The van der Waals surface area contributed by atoms with Gasteiger partial charge in [-0.15, -0.1) is 10.2 Å². The van der Waals surface area contributed by atoms with E-state index in [1.54, 1.807) is 7.05 Å². The molecule has 5 nitrogen and oxygen atoms in total. The lowest BCUT2D eigenvalue weighted by Gasteiger charge is -2.15. The van der Waals surface area contributed by atoms with E-state index in [9.17, 15) is 4.79 Å². The number of hydrogen-bond donors (Lipinski definition) is 2. The molecule has 1 aliphatic carbocycles. The number of hydrogen-bond acceptors (Lipinski definition) is 5. The summed E-state index contributed by atoms with van der Waals surface area (Å²) < 4.78 is 0. The van der Waals surface area contributed by atoms with Crippen molar-refractivity contribution in [2.45, 2.75) is 32.2 Å². The Labute approximate surface area is 98.7 Å². The normalized spacial score (nSPS) is 24.4. The van der Waals surface area contributed by atoms with Gasteiger partial charge in [-0.2, -0.15) is 0 Å². The van der Waals surface area contributed by atoms with Crippen LogP contribution >= 0.6 is 11.3 Å². The summed E-state index contributed by atoms with van der Waals surface area (Å²) in [7, 11) is 1.77. The van der Waals surface area contributed by atoms with Crippen LogP contribution in [0, 0.1) is 5.92 Å². The third-order valence-electron chi connectivity index (χ3n) is 3.01. The summed E-state index contributed by atoms with van der Waals surface area (Å²) in [6.45, 7) is 2.18. The van der Waals surface area contributed by atoms with Crippen molar-refractivity contribution in [3.8, 4) is 0 Å². The molecule has 1 aromatic rings. The Morgan fingerprint density at radius 3 is 2.81 bits per heavy atom. The van der Waals surface area contributed by atoms with E-state index in [1.165, 1.54) is 24.2 Å². The molecular weight excluding hydrogens is 224 g/mol. The van der Waals surface area contributed by atoms with Gasteiger partial charge in [-0.3, -0.25) is 4.79 Å². The monoisotopic (exact) mass is 240 g/mol. The molecule has 0 aliphatic heterocycles. The number of anilines is 1. The first-order valence-corrected chi connectivity index (χ1v) is 6.34. The maximum Gasteiger partial charge on any atom is 0.282 e. The summed E-state index contributed by atoms with van der Waals surface area (Å²) in [5.74, 6) is 0.471. The lowest BCUT2D eigenvalue weighted by atomic mass is 10.1. The fraction of sp³-hybridized carbons (Fsp3) is 0.700. The quantitative estimate of drug-likeness (QED) is 0.840. The van der Waals surface area contributed by atoms with Crippen molar-refractivity contribution < 1.29 is 4.79 Å². The topological polar surface area (TPSA) is 66.9 Å². The van der Waals surface area contributed by atoms with Gasteiger partial charge in [0.25, 0.3) is 5.91 Å². The minimum atomic E-state index is -0.0993. The number of aromatic nitrogens is 2. The predicted octanol–water partition coefficient (Wildman–Crippen LogP) is 1.50. The SMILES string of the molecule is CNc1nnc(C(=O)NC2CCCC2C)s1. The second-order valence-electron chi connectivity index (χ2n) is 4.15. The lowest BCUT2D eigenvalue weighted by Crippen LogP contribution is -2.36. The highest BCUT2D eigenvalue weighted by molar-refractivity contribution is 7.17. The number of amides is 1. The minimum Gasteiger partial charge on any atom is -0.363 e. The zero-order valence-corrected chi connectivity index (χ0v) is 10.3. The molecule has 1 saturated carbocycles. The van der Waals surface area contributed by atoms with Crippen LogP contribution in [0.5, 0.6) is 0 Å². The van der Waals surface area contributed by atoms with Crippen molar-refractivity contribution >= 4 is 22.4 Å². The molecule has 1 heterocycles. The van der Waals surface area contributed by atoms with Gasteiger partial charge in [0.05, 0.1) is 0 Å². The third kappa shape index (κ3) is 2.32. The highest BCUT2D eigenvalue weighted by Crippen LogP contribution is 2.25. The molecule has 1 aliphatic rings. The van der Waals surface area contributed by atoms with E-state index in [4.69, 9.17) is 0 Å². The molecule has 2 unspecified atom stereocenters. The van der Waals surface area contributed by atoms with Crippen LogP contribution in [0.4, 0.5) is 5.13 Å². The number of nitrogens with one attached hydrogen (secondary N) is 2. The predicted molar refractivity (Wildman–Crippen MR) is 63.7 cm³/mol. The molecule has 2 rings (SSSR count). The van der Waals surface area contributed by atoms with Crippen LogP contribution in [-0.4, -0.2) is 29.2 Å². The first-order chi connectivity index (χ1) is 7.70. The Morgan fingerprint density at radius 2 is 2.25 bits per heavy atom. The van der Waals surface area contributed by atoms with Crippen molar-refractivity contribution in [1.29, 1.82) is 0 Å². The highest BCUT2D eigenvalue weighted by atomic mass is 32.1. The molecule has 0 radical (unpaired) electrons. The van der Waals surface area contributed by atoms with Crippen molar-refractivity contribution in [3.05, 3.63) is 5.01 Å². The molecule has 6 heteroatoms. The molecule has 1 fully saturated rings. The van der Waals surface area contributed by atoms with Crippen LogP contribution in [0.3, 0.4) is 0 Å². The molecule has 2 N–H and O–H groups in total. The zero-order chi connectivity index (χ0) is 11.5. The van der Waals surface area contributed by atoms with Crippen LogP contribution in [0.15, 0.2) is 0 Å². The third-order valence-corrected chi connectivity index (χ3v) is 3.95. The van der Waals surface area contributed by atoms with Gasteiger partial charge in [0, 0.05) is 13.1 Å². The van der Waals surface area contributed by atoms with E-state index in [1.807, 2.05) is 0 Å². The molecule has 1 amide bonds. The van der Waals surface area contributed by atoms with Crippen molar-refractivity contribution in [3.63, 3.8) is 0 Å². The maximum absolute atomic E-state index is 11.8. The second kappa shape index (κ2) is 4.78. The average Bonchev–Trinajstić information content (AvgIpc) is 2.88. The van der Waals surface area contributed by atoms with Crippen LogP contribution in [0.2, 0.25) is 0 Å². The van der Waals surface area contributed by atoms with E-state index in [2.05, 4.69) is 27.8 Å². The molecule has 0 saturated heterocycles. The number of rotatable bonds is 3. The Hall–Kier alpha value is -1.17. The summed E-state index contributed by atoms with van der Waals surface area (Å²) in [6, 6.07) is 0.300. The van der Waals surface area contributed by atoms with Gasteiger partial charge >= 0.3 is 0 Å². The molecule has 0 bridgehead atoms. The molecular formula is C10H16N4OS. The Balaban J connectivity index is 1.97. The van der Waals surface area contributed by atoms with E-state index < -0.39 is 0 Å².